The summed E-state index contributed by atoms with van der Waals surface area (Å²) < 4.78 is 16.3. The minimum Gasteiger partial charge on any atom is -0.493 e. The first kappa shape index (κ1) is 21.9. The Morgan fingerprint density at radius 2 is 1.63 bits per heavy atom. The number of carbonyl (C=O) groups is 1. The van der Waals surface area contributed by atoms with Gasteiger partial charge >= 0.3 is 0 Å². The SMILES string of the molecule is CCOc1ccccc1NC(=O)CN1CCN(Cc2ccc(OC)c(OC)c2)CC1. The number of benzene rings is 2. The van der Waals surface area contributed by atoms with Gasteiger partial charge in [0.25, 0.3) is 0 Å². The first-order chi connectivity index (χ1) is 14.6. The Labute approximate surface area is 178 Å². The summed E-state index contributed by atoms with van der Waals surface area (Å²) >= 11 is 0. The normalized spacial score (nSPS) is 14.9. The van der Waals surface area contributed by atoms with Gasteiger partial charge in [0.15, 0.2) is 11.5 Å². The highest BCUT2D eigenvalue weighted by Crippen LogP contribution is 2.28. The first-order valence-corrected chi connectivity index (χ1v) is 10.3. The van der Waals surface area contributed by atoms with Gasteiger partial charge in [0.1, 0.15) is 5.75 Å². The molecular weight excluding hydrogens is 382 g/mol. The lowest BCUT2D eigenvalue weighted by Crippen LogP contribution is -2.48. The lowest BCUT2D eigenvalue weighted by atomic mass is 10.1. The zero-order valence-corrected chi connectivity index (χ0v) is 18.0. The monoisotopic (exact) mass is 413 g/mol. The molecule has 1 fully saturated rings. The molecule has 7 heteroatoms. The second-order valence-corrected chi connectivity index (χ2v) is 7.22. The highest BCUT2D eigenvalue weighted by Gasteiger charge is 2.20. The molecule has 2 aromatic carbocycles. The van der Waals surface area contributed by atoms with Crippen molar-refractivity contribution >= 4 is 11.6 Å². The summed E-state index contributed by atoms with van der Waals surface area (Å²) in [5.41, 5.74) is 1.91. The smallest absolute Gasteiger partial charge is 0.238 e. The summed E-state index contributed by atoms with van der Waals surface area (Å²) in [4.78, 5) is 17.1. The summed E-state index contributed by atoms with van der Waals surface area (Å²) in [6.45, 7) is 7.26. The van der Waals surface area contributed by atoms with Gasteiger partial charge < -0.3 is 19.5 Å². The Bertz CT molecular complexity index is 835. The number of nitrogens with one attached hydrogen (secondary N) is 1. The van der Waals surface area contributed by atoms with Crippen molar-refractivity contribution < 1.29 is 19.0 Å². The minimum atomic E-state index is -0.0181. The van der Waals surface area contributed by atoms with Gasteiger partial charge in [0.05, 0.1) is 33.1 Å². The van der Waals surface area contributed by atoms with Crippen LogP contribution in [0, 0.1) is 0 Å². The lowest BCUT2D eigenvalue weighted by Gasteiger charge is -2.34. The molecule has 1 N–H and O–H groups in total. The number of piperazine rings is 1. The summed E-state index contributed by atoms with van der Waals surface area (Å²) in [7, 11) is 3.29. The second kappa shape index (κ2) is 10.8. The van der Waals surface area contributed by atoms with Crippen LogP contribution in [0.1, 0.15) is 12.5 Å². The van der Waals surface area contributed by atoms with Crippen LogP contribution in [0.5, 0.6) is 17.2 Å². The van der Waals surface area contributed by atoms with E-state index in [0.29, 0.717) is 18.9 Å². The van der Waals surface area contributed by atoms with Crippen molar-refractivity contribution in [3.63, 3.8) is 0 Å². The highest BCUT2D eigenvalue weighted by atomic mass is 16.5. The molecule has 0 aromatic heterocycles. The third kappa shape index (κ3) is 5.87. The number of hydrogen-bond acceptors (Lipinski definition) is 6. The molecule has 0 unspecified atom stereocenters. The number of ether oxygens (including phenoxy) is 3. The minimum absolute atomic E-state index is 0.0181. The van der Waals surface area contributed by atoms with Gasteiger partial charge in [0, 0.05) is 32.7 Å². The number of anilines is 1. The van der Waals surface area contributed by atoms with E-state index in [9.17, 15) is 4.79 Å². The molecule has 3 rings (SSSR count). The van der Waals surface area contributed by atoms with Crippen molar-refractivity contribution in [2.24, 2.45) is 0 Å². The van der Waals surface area contributed by atoms with Gasteiger partial charge in [-0.15, -0.1) is 0 Å². The first-order valence-electron chi connectivity index (χ1n) is 10.3. The Hall–Kier alpha value is -2.77. The van der Waals surface area contributed by atoms with Crippen LogP contribution in [0.4, 0.5) is 5.69 Å². The number of hydrogen-bond donors (Lipinski definition) is 1. The maximum absolute atomic E-state index is 12.5. The van der Waals surface area contributed by atoms with Gasteiger partial charge in [-0.1, -0.05) is 18.2 Å². The predicted molar refractivity (Wildman–Crippen MR) is 118 cm³/mol. The van der Waals surface area contributed by atoms with Crippen LogP contribution >= 0.6 is 0 Å². The van der Waals surface area contributed by atoms with Crippen molar-refractivity contribution in [2.75, 3.05) is 58.9 Å². The molecule has 0 spiro atoms. The van der Waals surface area contributed by atoms with E-state index < -0.39 is 0 Å². The third-order valence-electron chi connectivity index (χ3n) is 5.15. The fourth-order valence-corrected chi connectivity index (χ4v) is 3.59. The molecule has 30 heavy (non-hydrogen) atoms. The molecule has 1 saturated heterocycles. The fraction of sp³-hybridized carbons (Fsp3) is 0.435. The molecule has 2 aromatic rings. The molecule has 1 heterocycles. The van der Waals surface area contributed by atoms with E-state index in [-0.39, 0.29) is 5.91 Å². The maximum atomic E-state index is 12.5. The van der Waals surface area contributed by atoms with Crippen molar-refractivity contribution in [1.29, 1.82) is 0 Å². The molecule has 0 saturated carbocycles. The Morgan fingerprint density at radius 1 is 0.933 bits per heavy atom. The molecule has 162 valence electrons. The van der Waals surface area contributed by atoms with Crippen LogP contribution in [-0.4, -0.2) is 69.3 Å². The predicted octanol–water partition coefficient (Wildman–Crippen LogP) is 2.86. The summed E-state index contributed by atoms with van der Waals surface area (Å²) in [5, 5.41) is 2.97. The second-order valence-electron chi connectivity index (χ2n) is 7.22. The van der Waals surface area contributed by atoms with Gasteiger partial charge in [0.2, 0.25) is 5.91 Å². The highest BCUT2D eigenvalue weighted by molar-refractivity contribution is 5.93. The zero-order valence-electron chi connectivity index (χ0n) is 18.0. The Morgan fingerprint density at radius 3 is 2.33 bits per heavy atom. The number of methoxy groups -OCH3 is 2. The zero-order chi connectivity index (χ0) is 21.3. The average molecular weight is 414 g/mol. The molecule has 0 bridgehead atoms. The standard InChI is InChI=1S/C23H31N3O4/c1-4-30-20-8-6-5-7-19(20)24-23(27)17-26-13-11-25(12-14-26)16-18-9-10-21(28-2)22(15-18)29-3/h5-10,15H,4,11-14,16-17H2,1-3H3,(H,24,27). The van der Waals surface area contributed by atoms with Crippen molar-refractivity contribution in [3.05, 3.63) is 48.0 Å². The summed E-state index contributed by atoms with van der Waals surface area (Å²) in [6, 6.07) is 13.6. The van der Waals surface area contributed by atoms with Crippen molar-refractivity contribution in [3.8, 4) is 17.2 Å². The number of amides is 1. The van der Waals surface area contributed by atoms with Crippen LogP contribution in [-0.2, 0) is 11.3 Å². The van der Waals surface area contributed by atoms with Crippen LogP contribution < -0.4 is 19.5 Å². The largest absolute Gasteiger partial charge is 0.493 e. The van der Waals surface area contributed by atoms with Crippen LogP contribution in [0.15, 0.2) is 42.5 Å². The molecule has 1 amide bonds. The van der Waals surface area contributed by atoms with E-state index in [0.717, 1.165) is 49.9 Å². The van der Waals surface area contributed by atoms with E-state index in [1.807, 2.05) is 43.3 Å². The molecule has 1 aliphatic heterocycles. The van der Waals surface area contributed by atoms with Crippen molar-refractivity contribution in [2.45, 2.75) is 13.5 Å². The maximum Gasteiger partial charge on any atom is 0.238 e. The van der Waals surface area contributed by atoms with E-state index >= 15 is 0 Å². The van der Waals surface area contributed by atoms with E-state index in [4.69, 9.17) is 14.2 Å². The quantitative estimate of drug-likeness (QED) is 0.682. The van der Waals surface area contributed by atoms with Crippen LogP contribution in [0.2, 0.25) is 0 Å². The fourth-order valence-electron chi connectivity index (χ4n) is 3.59. The Kier molecular flexibility index (Phi) is 7.93. The molecular formula is C23H31N3O4. The number of para-hydroxylation sites is 2. The molecule has 0 radical (unpaired) electrons. The third-order valence-corrected chi connectivity index (χ3v) is 5.15. The molecule has 7 nitrogen and oxygen atoms in total. The van der Waals surface area contributed by atoms with Gasteiger partial charge in [-0.3, -0.25) is 14.6 Å². The van der Waals surface area contributed by atoms with E-state index in [1.165, 1.54) is 5.56 Å². The molecule has 1 aliphatic rings. The van der Waals surface area contributed by atoms with Gasteiger partial charge in [-0.05, 0) is 36.8 Å². The van der Waals surface area contributed by atoms with E-state index in [1.54, 1.807) is 14.2 Å². The average Bonchev–Trinajstić information content (AvgIpc) is 2.76. The number of carbonyl (C=O) groups excluding carboxylic acids is 1. The topological polar surface area (TPSA) is 63.3 Å². The van der Waals surface area contributed by atoms with E-state index in [2.05, 4.69) is 21.2 Å². The lowest BCUT2D eigenvalue weighted by molar-refractivity contribution is -0.117. The molecule has 0 aliphatic carbocycles. The van der Waals surface area contributed by atoms with Gasteiger partial charge in [-0.25, -0.2) is 0 Å². The molecule has 0 atom stereocenters. The van der Waals surface area contributed by atoms with Crippen molar-refractivity contribution in [1.82, 2.24) is 9.80 Å². The number of nitrogens with zero attached hydrogens (tertiary/aromatic N) is 2. The van der Waals surface area contributed by atoms with Crippen LogP contribution in [0.25, 0.3) is 0 Å². The van der Waals surface area contributed by atoms with Crippen LogP contribution in [0.3, 0.4) is 0 Å². The summed E-state index contributed by atoms with van der Waals surface area (Å²) in [6.07, 6.45) is 0. The number of rotatable bonds is 9. The summed E-state index contributed by atoms with van der Waals surface area (Å²) in [5.74, 6) is 2.17. The van der Waals surface area contributed by atoms with Gasteiger partial charge in [-0.2, -0.15) is 0 Å². The Balaban J connectivity index is 1.47.